The number of aliphatic hydroxyl groups excluding tert-OH is 1. The van der Waals surface area contributed by atoms with Crippen LogP contribution in [0.4, 0.5) is 0 Å². The summed E-state index contributed by atoms with van der Waals surface area (Å²) in [5.41, 5.74) is -2.47. The first kappa shape index (κ1) is 26.4. The molecule has 2 aromatic rings. The number of carbonyl (C=O) groups is 3. The summed E-state index contributed by atoms with van der Waals surface area (Å²) in [5, 5.41) is 11.8. The van der Waals surface area contributed by atoms with Gasteiger partial charge in [0, 0.05) is 12.8 Å². The molecule has 0 unspecified atom stereocenters. The molecular weight excluding hydrogens is 492 g/mol. The summed E-state index contributed by atoms with van der Waals surface area (Å²) in [7, 11) is 0. The Balaban J connectivity index is 1.64. The SMILES string of the molecule is CC(=O)O[C@@H]1C[C@@H](C)[C@@]23C[C@@H]([C@@H](O)[C@H](OC(=O)c4ccccc4)[C@]2(C)[C@H]1OC(=O)c1ccoc1)C(C)(C)O3. The minimum absolute atomic E-state index is 0.183. The van der Waals surface area contributed by atoms with Crippen molar-refractivity contribution >= 4 is 17.9 Å². The van der Waals surface area contributed by atoms with Gasteiger partial charge in [0.2, 0.25) is 0 Å². The molecule has 1 N–H and O–H groups in total. The molecule has 0 amide bonds. The lowest BCUT2D eigenvalue weighted by atomic mass is 9.49. The van der Waals surface area contributed by atoms with Crippen LogP contribution in [-0.2, 0) is 23.7 Å². The van der Waals surface area contributed by atoms with Crippen LogP contribution in [0.25, 0.3) is 0 Å². The minimum atomic E-state index is -1.28. The Bertz CT molecular complexity index is 1210. The number of rotatable bonds is 5. The predicted octanol–water partition coefficient (Wildman–Crippen LogP) is 3.94. The summed E-state index contributed by atoms with van der Waals surface area (Å²) in [6, 6.07) is 9.97. The van der Waals surface area contributed by atoms with Crippen molar-refractivity contribution in [2.45, 2.75) is 83.1 Å². The van der Waals surface area contributed by atoms with Gasteiger partial charge in [0.25, 0.3) is 0 Å². The van der Waals surface area contributed by atoms with Gasteiger partial charge < -0.3 is 28.5 Å². The van der Waals surface area contributed by atoms with Crippen molar-refractivity contribution < 1.29 is 42.9 Å². The molecule has 8 atom stereocenters. The van der Waals surface area contributed by atoms with E-state index in [1.807, 2.05) is 20.8 Å². The monoisotopic (exact) mass is 526 g/mol. The third-order valence-electron chi connectivity index (χ3n) is 8.95. The molecule has 1 aliphatic heterocycles. The molecule has 0 radical (unpaired) electrons. The lowest BCUT2D eigenvalue weighted by Gasteiger charge is -2.62. The van der Waals surface area contributed by atoms with Gasteiger partial charge in [-0.1, -0.05) is 25.1 Å². The Kier molecular flexibility index (Phi) is 6.43. The number of esters is 3. The van der Waals surface area contributed by atoms with E-state index in [2.05, 4.69) is 0 Å². The van der Waals surface area contributed by atoms with E-state index in [1.165, 1.54) is 25.5 Å². The Morgan fingerprint density at radius 2 is 1.61 bits per heavy atom. The van der Waals surface area contributed by atoms with Gasteiger partial charge in [-0.15, -0.1) is 0 Å². The number of fused-ring (bicyclic) bond motifs is 1. The second-order valence-corrected chi connectivity index (χ2v) is 11.5. The molecule has 5 rings (SSSR count). The van der Waals surface area contributed by atoms with E-state index in [0.29, 0.717) is 18.4 Å². The molecule has 204 valence electrons. The third-order valence-corrected chi connectivity index (χ3v) is 8.95. The second-order valence-electron chi connectivity index (χ2n) is 11.5. The number of hydrogen-bond donors (Lipinski definition) is 1. The molecule has 3 fully saturated rings. The normalized spacial score (nSPS) is 37.1. The summed E-state index contributed by atoms with van der Waals surface area (Å²) in [6.45, 7) is 8.91. The third kappa shape index (κ3) is 3.94. The molecule has 1 aromatic heterocycles. The maximum absolute atomic E-state index is 13.3. The Morgan fingerprint density at radius 1 is 0.947 bits per heavy atom. The van der Waals surface area contributed by atoms with E-state index in [9.17, 15) is 19.5 Å². The molecule has 2 heterocycles. The van der Waals surface area contributed by atoms with Gasteiger partial charge in [-0.05, 0) is 57.7 Å². The molecular formula is C29H34O9. The largest absolute Gasteiger partial charge is 0.472 e. The van der Waals surface area contributed by atoms with Crippen molar-refractivity contribution in [3.63, 3.8) is 0 Å². The zero-order valence-corrected chi connectivity index (χ0v) is 22.2. The highest BCUT2D eigenvalue weighted by molar-refractivity contribution is 5.90. The van der Waals surface area contributed by atoms with Crippen LogP contribution in [0, 0.1) is 17.3 Å². The molecule has 2 aliphatic carbocycles. The highest BCUT2D eigenvalue weighted by Crippen LogP contribution is 2.67. The van der Waals surface area contributed by atoms with Crippen LogP contribution in [0.2, 0.25) is 0 Å². The number of carbonyl (C=O) groups excluding carboxylic acids is 3. The Hall–Kier alpha value is -3.17. The lowest BCUT2D eigenvalue weighted by molar-refractivity contribution is -0.286. The molecule has 1 spiro atoms. The molecule has 2 bridgehead atoms. The smallest absolute Gasteiger partial charge is 0.341 e. The number of benzene rings is 1. The maximum atomic E-state index is 13.3. The van der Waals surface area contributed by atoms with Crippen LogP contribution in [0.1, 0.15) is 68.2 Å². The topological polar surface area (TPSA) is 122 Å². The predicted molar refractivity (Wildman–Crippen MR) is 133 cm³/mol. The van der Waals surface area contributed by atoms with Crippen LogP contribution in [0.5, 0.6) is 0 Å². The highest BCUT2D eigenvalue weighted by Gasteiger charge is 2.78. The fourth-order valence-corrected chi connectivity index (χ4v) is 7.15. The van der Waals surface area contributed by atoms with Crippen LogP contribution in [0.15, 0.2) is 53.3 Å². The van der Waals surface area contributed by atoms with Crippen molar-refractivity contribution in [1.82, 2.24) is 0 Å². The molecule has 1 aromatic carbocycles. The lowest BCUT2D eigenvalue weighted by Crippen LogP contribution is -2.74. The van der Waals surface area contributed by atoms with Gasteiger partial charge in [0.1, 0.15) is 18.5 Å². The van der Waals surface area contributed by atoms with Gasteiger partial charge in [-0.3, -0.25) is 4.79 Å². The number of aliphatic hydroxyl groups is 1. The van der Waals surface area contributed by atoms with E-state index in [0.717, 1.165) is 0 Å². The highest BCUT2D eigenvalue weighted by atomic mass is 16.6. The van der Waals surface area contributed by atoms with Gasteiger partial charge >= 0.3 is 17.9 Å². The van der Waals surface area contributed by atoms with Crippen molar-refractivity contribution in [3.05, 3.63) is 60.1 Å². The summed E-state index contributed by atoms with van der Waals surface area (Å²) < 4.78 is 29.8. The van der Waals surface area contributed by atoms with Crippen molar-refractivity contribution in [2.24, 2.45) is 17.3 Å². The maximum Gasteiger partial charge on any atom is 0.341 e. The fraction of sp³-hybridized carbons (Fsp3) is 0.552. The molecule has 1 saturated heterocycles. The van der Waals surface area contributed by atoms with Crippen LogP contribution < -0.4 is 0 Å². The molecule has 38 heavy (non-hydrogen) atoms. The quantitative estimate of drug-likeness (QED) is 0.456. The minimum Gasteiger partial charge on any atom is -0.472 e. The Labute approximate surface area is 221 Å². The van der Waals surface area contributed by atoms with Crippen LogP contribution >= 0.6 is 0 Å². The number of ether oxygens (including phenoxy) is 4. The van der Waals surface area contributed by atoms with Crippen molar-refractivity contribution in [2.75, 3.05) is 0 Å². The molecule has 9 nitrogen and oxygen atoms in total. The van der Waals surface area contributed by atoms with Crippen LogP contribution in [-0.4, -0.2) is 58.6 Å². The standard InChI is InChI=1S/C29H34O9/c1-16-13-21(35-17(2)30)23(36-26(33)19-11-12-34-15-19)28(5)24(37-25(32)18-9-7-6-8-10-18)22(31)20-14-29(16,28)38-27(20,3)4/h6-12,15-16,20-24,31H,13-14H2,1-5H3/t16-,20+,21-,22-,23+,24+,28+,29+/m1/s1. The number of furan rings is 1. The summed E-state index contributed by atoms with van der Waals surface area (Å²) in [5.74, 6) is -2.37. The van der Waals surface area contributed by atoms with E-state index >= 15 is 0 Å². The first-order valence-electron chi connectivity index (χ1n) is 13.0. The van der Waals surface area contributed by atoms with Crippen molar-refractivity contribution in [3.8, 4) is 0 Å². The Morgan fingerprint density at radius 3 is 2.24 bits per heavy atom. The first-order valence-corrected chi connectivity index (χ1v) is 13.0. The van der Waals surface area contributed by atoms with E-state index in [1.54, 1.807) is 37.3 Å². The summed E-state index contributed by atoms with van der Waals surface area (Å²) in [4.78, 5) is 38.7. The zero-order chi connectivity index (χ0) is 27.5. The van der Waals surface area contributed by atoms with Gasteiger partial charge in [0.15, 0.2) is 6.10 Å². The van der Waals surface area contributed by atoms with Gasteiger partial charge in [-0.2, -0.15) is 0 Å². The summed E-state index contributed by atoms with van der Waals surface area (Å²) >= 11 is 0. The van der Waals surface area contributed by atoms with Gasteiger partial charge in [-0.25, -0.2) is 9.59 Å². The average Bonchev–Trinajstić information content (AvgIpc) is 3.49. The van der Waals surface area contributed by atoms with Crippen LogP contribution in [0.3, 0.4) is 0 Å². The molecule has 2 saturated carbocycles. The summed E-state index contributed by atoms with van der Waals surface area (Å²) in [6.07, 6.45) is -0.766. The second kappa shape index (κ2) is 9.24. The fourth-order valence-electron chi connectivity index (χ4n) is 7.15. The number of hydrogen-bond acceptors (Lipinski definition) is 9. The van der Waals surface area contributed by atoms with E-state index < -0.39 is 58.9 Å². The molecule has 9 heteroatoms. The first-order chi connectivity index (χ1) is 17.9. The van der Waals surface area contributed by atoms with E-state index in [-0.39, 0.29) is 17.4 Å². The molecule has 3 aliphatic rings. The average molecular weight is 527 g/mol. The van der Waals surface area contributed by atoms with E-state index in [4.69, 9.17) is 23.4 Å². The van der Waals surface area contributed by atoms with Gasteiger partial charge in [0.05, 0.1) is 40.1 Å². The van der Waals surface area contributed by atoms with Crippen molar-refractivity contribution in [1.29, 1.82) is 0 Å². The zero-order valence-electron chi connectivity index (χ0n) is 22.2.